The van der Waals surface area contributed by atoms with Gasteiger partial charge in [-0.3, -0.25) is 0 Å². The molecule has 0 aliphatic heterocycles. The third kappa shape index (κ3) is 4.27. The quantitative estimate of drug-likeness (QED) is 0.175. The highest BCUT2D eigenvalue weighted by atomic mass is 35.5. The summed E-state index contributed by atoms with van der Waals surface area (Å²) in [5, 5.41) is 3.21. The number of halogens is 1. The van der Waals surface area contributed by atoms with Gasteiger partial charge in [0.15, 0.2) is 0 Å². The molecule has 0 radical (unpaired) electrons. The Morgan fingerprint density at radius 2 is 1.00 bits per heavy atom. The lowest BCUT2D eigenvalue weighted by Crippen LogP contribution is -2.28. The molecule has 8 aromatic carbocycles. The SMILES string of the molecule is CC1(C)c2ccccc2-c2cc(C3(c4ccccc4)c4ccccc4-c4c(-c5ccc(-c6ccc7ccccc7c6)cc5Cl)cccc43)ccc21. The fraction of sp³-hybridized carbons (Fsp3) is 0.0800. The Morgan fingerprint density at radius 3 is 1.82 bits per heavy atom. The predicted molar refractivity (Wildman–Crippen MR) is 215 cm³/mol. The Morgan fingerprint density at radius 1 is 0.373 bits per heavy atom. The number of rotatable bonds is 4. The van der Waals surface area contributed by atoms with Crippen LogP contribution in [0.5, 0.6) is 0 Å². The second-order valence-electron chi connectivity index (χ2n) is 14.6. The van der Waals surface area contributed by atoms with Crippen LogP contribution in [-0.4, -0.2) is 0 Å². The summed E-state index contributed by atoms with van der Waals surface area (Å²) in [6.45, 7) is 4.71. The van der Waals surface area contributed by atoms with E-state index in [1.165, 1.54) is 66.4 Å². The maximum absolute atomic E-state index is 7.30. The Labute approximate surface area is 304 Å². The molecule has 10 rings (SSSR count). The van der Waals surface area contributed by atoms with Crippen LogP contribution < -0.4 is 0 Å². The Bertz CT molecular complexity index is 2680. The molecule has 0 fully saturated rings. The Balaban J connectivity index is 1.21. The van der Waals surface area contributed by atoms with Gasteiger partial charge in [-0.25, -0.2) is 0 Å². The van der Waals surface area contributed by atoms with Crippen molar-refractivity contribution in [2.45, 2.75) is 24.7 Å². The van der Waals surface area contributed by atoms with Crippen LogP contribution in [0.3, 0.4) is 0 Å². The van der Waals surface area contributed by atoms with Crippen molar-refractivity contribution in [3.05, 3.63) is 214 Å². The highest BCUT2D eigenvalue weighted by Gasteiger charge is 2.48. The van der Waals surface area contributed by atoms with Crippen molar-refractivity contribution in [2.24, 2.45) is 0 Å². The lowest BCUT2D eigenvalue weighted by molar-refractivity contribution is 0.659. The zero-order chi connectivity index (χ0) is 34.3. The van der Waals surface area contributed by atoms with Crippen LogP contribution in [0, 0.1) is 0 Å². The van der Waals surface area contributed by atoms with Crippen LogP contribution in [-0.2, 0) is 10.8 Å². The fourth-order valence-electron chi connectivity index (χ4n) is 9.26. The fourth-order valence-corrected chi connectivity index (χ4v) is 9.55. The standard InChI is InChI=1S/C50H35Cl/c1-49(2)43-20-10-8-17-38(43)42-31-37(26-28-44(42)49)50(36-15-4-3-5-16-36)45-21-11-9-18-41(45)48-40(19-12-22-46(48)50)39-27-25-35(30-47(39)51)34-24-23-32-13-6-7-14-33(32)29-34/h3-31H,1-2H3. The first-order valence-electron chi connectivity index (χ1n) is 17.8. The van der Waals surface area contributed by atoms with Crippen molar-refractivity contribution in [1.82, 2.24) is 0 Å². The van der Waals surface area contributed by atoms with Gasteiger partial charge in [-0.1, -0.05) is 183 Å². The number of fused-ring (bicyclic) bond motifs is 7. The van der Waals surface area contributed by atoms with E-state index in [0.29, 0.717) is 0 Å². The van der Waals surface area contributed by atoms with Gasteiger partial charge >= 0.3 is 0 Å². The first-order valence-corrected chi connectivity index (χ1v) is 18.2. The monoisotopic (exact) mass is 670 g/mol. The molecule has 1 unspecified atom stereocenters. The number of hydrogen-bond acceptors (Lipinski definition) is 0. The van der Waals surface area contributed by atoms with Gasteiger partial charge in [0.05, 0.1) is 5.41 Å². The lowest BCUT2D eigenvalue weighted by atomic mass is 9.67. The summed E-state index contributed by atoms with van der Waals surface area (Å²) < 4.78 is 0. The number of hydrogen-bond donors (Lipinski definition) is 0. The van der Waals surface area contributed by atoms with Gasteiger partial charge in [0.1, 0.15) is 0 Å². The normalized spacial score (nSPS) is 16.4. The van der Waals surface area contributed by atoms with Crippen molar-refractivity contribution in [3.8, 4) is 44.5 Å². The molecule has 2 aliphatic carbocycles. The minimum absolute atomic E-state index is 0.0568. The highest BCUT2D eigenvalue weighted by Crippen LogP contribution is 2.60. The van der Waals surface area contributed by atoms with E-state index in [4.69, 9.17) is 11.6 Å². The maximum Gasteiger partial charge on any atom is 0.0714 e. The van der Waals surface area contributed by atoms with Gasteiger partial charge in [0.2, 0.25) is 0 Å². The van der Waals surface area contributed by atoms with Gasteiger partial charge in [-0.05, 0) is 101 Å². The van der Waals surface area contributed by atoms with E-state index in [9.17, 15) is 0 Å². The van der Waals surface area contributed by atoms with Crippen LogP contribution in [0.1, 0.15) is 47.2 Å². The topological polar surface area (TPSA) is 0 Å². The molecule has 51 heavy (non-hydrogen) atoms. The summed E-state index contributed by atoms with van der Waals surface area (Å²) >= 11 is 7.30. The van der Waals surface area contributed by atoms with E-state index < -0.39 is 5.41 Å². The molecule has 0 N–H and O–H groups in total. The third-order valence-corrected chi connectivity index (χ3v) is 11.9. The average Bonchev–Trinajstić information content (AvgIpc) is 3.61. The molecule has 0 saturated heterocycles. The highest BCUT2D eigenvalue weighted by molar-refractivity contribution is 6.34. The van der Waals surface area contributed by atoms with E-state index >= 15 is 0 Å². The predicted octanol–water partition coefficient (Wildman–Crippen LogP) is 13.5. The Kier molecular flexibility index (Phi) is 6.60. The van der Waals surface area contributed by atoms with Crippen molar-refractivity contribution in [1.29, 1.82) is 0 Å². The van der Waals surface area contributed by atoms with Gasteiger partial charge in [-0.2, -0.15) is 0 Å². The maximum atomic E-state index is 7.30. The lowest BCUT2D eigenvalue weighted by Gasteiger charge is -2.34. The zero-order valence-electron chi connectivity index (χ0n) is 28.6. The van der Waals surface area contributed by atoms with Crippen LogP contribution in [0.25, 0.3) is 55.3 Å². The van der Waals surface area contributed by atoms with Crippen LogP contribution in [0.2, 0.25) is 5.02 Å². The number of benzene rings is 8. The largest absolute Gasteiger partial charge is 0.0836 e. The zero-order valence-corrected chi connectivity index (χ0v) is 29.4. The molecule has 1 atom stereocenters. The summed E-state index contributed by atoms with van der Waals surface area (Å²) in [6.07, 6.45) is 0. The smallest absolute Gasteiger partial charge is 0.0714 e. The molecule has 0 aromatic heterocycles. The third-order valence-electron chi connectivity index (χ3n) is 11.6. The van der Waals surface area contributed by atoms with E-state index in [0.717, 1.165) is 27.3 Å². The van der Waals surface area contributed by atoms with E-state index in [-0.39, 0.29) is 5.41 Å². The van der Waals surface area contributed by atoms with Gasteiger partial charge in [-0.15, -0.1) is 0 Å². The molecule has 0 saturated carbocycles. The first kappa shape index (κ1) is 30.2. The van der Waals surface area contributed by atoms with Crippen molar-refractivity contribution >= 4 is 22.4 Å². The summed E-state index contributed by atoms with van der Waals surface area (Å²) in [6, 6.07) is 64.8. The van der Waals surface area contributed by atoms with Crippen LogP contribution in [0.15, 0.2) is 176 Å². The first-order chi connectivity index (χ1) is 25.0. The molecule has 2 aliphatic rings. The molecule has 0 heterocycles. The van der Waals surface area contributed by atoms with Gasteiger partial charge in [0, 0.05) is 16.0 Å². The van der Waals surface area contributed by atoms with Gasteiger partial charge < -0.3 is 0 Å². The van der Waals surface area contributed by atoms with Crippen LogP contribution in [0.4, 0.5) is 0 Å². The molecule has 0 amide bonds. The minimum atomic E-state index is -0.516. The molecule has 0 spiro atoms. The summed E-state index contributed by atoms with van der Waals surface area (Å²) in [7, 11) is 0. The van der Waals surface area contributed by atoms with Gasteiger partial charge in [0.25, 0.3) is 0 Å². The summed E-state index contributed by atoms with van der Waals surface area (Å²) in [4.78, 5) is 0. The molecule has 0 bridgehead atoms. The van der Waals surface area contributed by atoms with E-state index in [1.807, 2.05) is 0 Å². The average molecular weight is 671 g/mol. The molecule has 0 nitrogen and oxygen atoms in total. The molecule has 242 valence electrons. The minimum Gasteiger partial charge on any atom is -0.0836 e. The summed E-state index contributed by atoms with van der Waals surface area (Å²) in [5.41, 5.74) is 17.0. The van der Waals surface area contributed by atoms with Crippen molar-refractivity contribution in [3.63, 3.8) is 0 Å². The molecular formula is C50H35Cl. The Hall–Kier alpha value is -5.69. The van der Waals surface area contributed by atoms with Crippen molar-refractivity contribution in [2.75, 3.05) is 0 Å². The molecular weight excluding hydrogens is 636 g/mol. The second-order valence-corrected chi connectivity index (χ2v) is 15.0. The van der Waals surface area contributed by atoms with E-state index in [1.54, 1.807) is 0 Å². The van der Waals surface area contributed by atoms with Crippen LogP contribution >= 0.6 is 11.6 Å². The summed E-state index contributed by atoms with van der Waals surface area (Å²) in [5.74, 6) is 0. The second kappa shape index (κ2) is 11.2. The van der Waals surface area contributed by atoms with E-state index in [2.05, 4.69) is 190 Å². The molecule has 1 heteroatoms. The van der Waals surface area contributed by atoms with Crippen molar-refractivity contribution < 1.29 is 0 Å². The molecule has 8 aromatic rings.